The second-order valence-electron chi connectivity index (χ2n) is 6.10. The van der Waals surface area contributed by atoms with Crippen LogP contribution in [-0.2, 0) is 0 Å². The van der Waals surface area contributed by atoms with Gasteiger partial charge in [0, 0.05) is 11.8 Å². The van der Waals surface area contributed by atoms with Crippen molar-refractivity contribution in [2.75, 3.05) is 0 Å². The summed E-state index contributed by atoms with van der Waals surface area (Å²) >= 11 is 1.26. The van der Waals surface area contributed by atoms with E-state index in [0.717, 1.165) is 0 Å². The van der Waals surface area contributed by atoms with E-state index in [1.165, 1.54) is 43.8 Å². The van der Waals surface area contributed by atoms with Crippen LogP contribution >= 0.6 is 0 Å². The van der Waals surface area contributed by atoms with E-state index in [4.69, 9.17) is 0 Å². The number of hydrogen-bond acceptors (Lipinski definition) is 0. The van der Waals surface area contributed by atoms with E-state index in [0.29, 0.717) is 17.8 Å². The minimum absolute atomic E-state index is 0.583. The average Bonchev–Trinajstić information content (AvgIpc) is 3.14. The Morgan fingerprint density at radius 2 is 1.24 bits per heavy atom. The van der Waals surface area contributed by atoms with E-state index in [1.807, 2.05) is 0 Å². The Morgan fingerprint density at radius 3 is 1.71 bits per heavy atom. The van der Waals surface area contributed by atoms with Gasteiger partial charge >= 0.3 is 0 Å². The van der Waals surface area contributed by atoms with Gasteiger partial charge in [0.2, 0.25) is 16.3 Å². The highest BCUT2D eigenvalue weighted by atomic mass is 27.0. The van der Waals surface area contributed by atoms with Crippen LogP contribution < -0.4 is 0 Å². The molecule has 0 aliphatic heterocycles. The average molecular weight is 286 g/mol. The van der Waals surface area contributed by atoms with Crippen LogP contribution in [-0.4, -0.2) is 16.3 Å². The summed E-state index contributed by atoms with van der Waals surface area (Å²) in [4.78, 5) is 0. The number of benzene rings is 2. The Labute approximate surface area is 134 Å². The molecule has 0 spiro atoms. The summed E-state index contributed by atoms with van der Waals surface area (Å²) in [6.45, 7) is 0. The van der Waals surface area contributed by atoms with Gasteiger partial charge in [0.25, 0.3) is 0 Å². The maximum atomic E-state index is 2.43. The molecule has 102 valence electrons. The molecule has 2 unspecified atom stereocenters. The standard InChI is InChI=1S/C20H17.Al.2H/c1-14(17-12-10-15-6-2-4-8-19(15)17)18-13-11-16-7-3-5-9-20(16)18;;;/h2-14,17-18H,1H2;;;. The molecule has 0 bridgehead atoms. The molecule has 2 atom stereocenters. The lowest BCUT2D eigenvalue weighted by molar-refractivity contribution is 0.482. The largest absolute Gasteiger partial charge is 0.212 e. The predicted octanol–water partition coefficient (Wildman–Crippen LogP) is 4.28. The number of fused-ring (bicyclic) bond motifs is 2. The first-order valence-electron chi connectivity index (χ1n) is 7.92. The topological polar surface area (TPSA) is 0 Å². The number of hydrogen-bond donors (Lipinski definition) is 0. The van der Waals surface area contributed by atoms with Crippen LogP contribution in [0.2, 0.25) is 5.28 Å². The van der Waals surface area contributed by atoms with Crippen molar-refractivity contribution in [2.45, 2.75) is 17.1 Å². The first kappa shape index (κ1) is 13.1. The molecule has 2 aromatic rings. The summed E-state index contributed by atoms with van der Waals surface area (Å²) in [6.07, 6.45) is 9.49. The molecule has 0 saturated heterocycles. The van der Waals surface area contributed by atoms with Crippen LogP contribution in [0.1, 0.15) is 34.1 Å². The SMILES string of the molecule is [AlH2][CH2]C(C1C=Cc2ccccc21)C1C=Cc2ccccc21. The molecule has 21 heavy (non-hydrogen) atoms. The van der Waals surface area contributed by atoms with Gasteiger partial charge in [-0.25, -0.2) is 0 Å². The monoisotopic (exact) mass is 286 g/mol. The Balaban J connectivity index is 1.72. The highest BCUT2D eigenvalue weighted by Gasteiger charge is 2.32. The molecule has 0 nitrogen and oxygen atoms in total. The Bertz CT molecular complexity index is 665. The van der Waals surface area contributed by atoms with Crippen LogP contribution in [0.15, 0.2) is 60.7 Å². The summed E-state index contributed by atoms with van der Waals surface area (Å²) in [6, 6.07) is 17.8. The van der Waals surface area contributed by atoms with Crippen molar-refractivity contribution in [3.63, 3.8) is 0 Å². The molecule has 0 N–H and O–H groups in total. The highest BCUT2D eigenvalue weighted by Crippen LogP contribution is 2.46. The molecule has 0 amide bonds. The lowest BCUT2D eigenvalue weighted by Gasteiger charge is -2.28. The zero-order valence-corrected chi connectivity index (χ0v) is 14.4. The smallest absolute Gasteiger partial charge is 0.0968 e. The highest BCUT2D eigenvalue weighted by molar-refractivity contribution is 6.08. The van der Waals surface area contributed by atoms with Crippen LogP contribution in [0.25, 0.3) is 12.2 Å². The summed E-state index contributed by atoms with van der Waals surface area (Å²) in [5, 5.41) is 1.34. The van der Waals surface area contributed by atoms with E-state index in [-0.39, 0.29) is 0 Å². The first-order valence-corrected chi connectivity index (χ1v) is 9.34. The summed E-state index contributed by atoms with van der Waals surface area (Å²) in [7, 11) is 0. The van der Waals surface area contributed by atoms with E-state index >= 15 is 0 Å². The van der Waals surface area contributed by atoms with Crippen LogP contribution in [0.3, 0.4) is 0 Å². The third-order valence-corrected chi connectivity index (χ3v) is 6.01. The third kappa shape index (κ3) is 2.13. The van der Waals surface area contributed by atoms with Gasteiger partial charge in [-0.05, 0) is 28.2 Å². The normalized spacial score (nSPS) is 23.0. The minimum atomic E-state index is 0.583. The second-order valence-corrected chi connectivity index (χ2v) is 6.92. The molecule has 0 fully saturated rings. The van der Waals surface area contributed by atoms with Gasteiger partial charge in [-0.1, -0.05) is 78.1 Å². The molecular weight excluding hydrogens is 267 g/mol. The third-order valence-electron chi connectivity index (χ3n) is 5.07. The summed E-state index contributed by atoms with van der Waals surface area (Å²) < 4.78 is 0. The molecule has 2 aliphatic rings. The Hall–Kier alpha value is -1.55. The van der Waals surface area contributed by atoms with Gasteiger partial charge in [0.1, 0.15) is 0 Å². The van der Waals surface area contributed by atoms with Gasteiger partial charge in [0.05, 0.1) is 0 Å². The zero-order chi connectivity index (χ0) is 14.2. The number of allylic oxidation sites excluding steroid dienone is 2. The molecular formula is C20H19Al. The van der Waals surface area contributed by atoms with Gasteiger partial charge in [0.15, 0.2) is 0 Å². The lowest BCUT2D eigenvalue weighted by atomic mass is 9.78. The van der Waals surface area contributed by atoms with Gasteiger partial charge < -0.3 is 0 Å². The maximum Gasteiger partial charge on any atom is 0.212 e. The molecule has 1 heteroatoms. The van der Waals surface area contributed by atoms with Crippen molar-refractivity contribution in [1.82, 2.24) is 0 Å². The molecule has 0 aromatic heterocycles. The molecule has 2 aliphatic carbocycles. The van der Waals surface area contributed by atoms with Crippen molar-refractivity contribution < 1.29 is 0 Å². The van der Waals surface area contributed by atoms with Crippen LogP contribution in [0.4, 0.5) is 0 Å². The van der Waals surface area contributed by atoms with Gasteiger partial charge in [-0.15, -0.1) is 0 Å². The lowest BCUT2D eigenvalue weighted by Crippen LogP contribution is -2.17. The fourth-order valence-corrected chi connectivity index (χ4v) is 5.05. The molecule has 0 heterocycles. The van der Waals surface area contributed by atoms with Crippen molar-refractivity contribution >= 4 is 28.4 Å². The quantitative estimate of drug-likeness (QED) is 0.739. The van der Waals surface area contributed by atoms with E-state index < -0.39 is 0 Å². The van der Waals surface area contributed by atoms with Crippen LogP contribution in [0.5, 0.6) is 0 Å². The maximum absolute atomic E-state index is 2.43. The summed E-state index contributed by atoms with van der Waals surface area (Å²) in [5.74, 6) is 1.87. The molecule has 2 aromatic carbocycles. The van der Waals surface area contributed by atoms with Crippen molar-refractivity contribution in [2.24, 2.45) is 5.92 Å². The fraction of sp³-hybridized carbons (Fsp3) is 0.200. The Kier molecular flexibility index (Phi) is 3.34. The fourth-order valence-electron chi connectivity index (χ4n) is 4.03. The van der Waals surface area contributed by atoms with E-state index in [2.05, 4.69) is 72.8 Å². The molecule has 4 rings (SSSR count). The van der Waals surface area contributed by atoms with Crippen molar-refractivity contribution in [3.05, 3.63) is 82.9 Å². The van der Waals surface area contributed by atoms with E-state index in [1.54, 1.807) is 0 Å². The Morgan fingerprint density at radius 1 is 0.762 bits per heavy atom. The zero-order valence-electron chi connectivity index (χ0n) is 12.4. The number of rotatable bonds is 3. The van der Waals surface area contributed by atoms with Gasteiger partial charge in [-0.2, -0.15) is 0 Å². The summed E-state index contributed by atoms with van der Waals surface area (Å²) in [5.41, 5.74) is 5.88. The van der Waals surface area contributed by atoms with E-state index in [9.17, 15) is 0 Å². The predicted molar refractivity (Wildman–Crippen MR) is 93.3 cm³/mol. The minimum Gasteiger partial charge on any atom is -0.0968 e. The van der Waals surface area contributed by atoms with Gasteiger partial charge in [-0.3, -0.25) is 0 Å². The molecule has 0 radical (unpaired) electrons. The van der Waals surface area contributed by atoms with Crippen LogP contribution in [0, 0.1) is 5.92 Å². The van der Waals surface area contributed by atoms with Crippen molar-refractivity contribution in [1.29, 1.82) is 0 Å². The second kappa shape index (κ2) is 5.34. The first-order chi connectivity index (χ1) is 10.4. The van der Waals surface area contributed by atoms with Crippen molar-refractivity contribution in [3.8, 4) is 0 Å². The molecule has 0 saturated carbocycles.